The maximum absolute atomic E-state index is 12.5. The van der Waals surface area contributed by atoms with Crippen LogP contribution in [0.25, 0.3) is 17.1 Å². The van der Waals surface area contributed by atoms with Crippen molar-refractivity contribution in [3.8, 4) is 22.8 Å². The Morgan fingerprint density at radius 1 is 1.08 bits per heavy atom. The van der Waals surface area contributed by atoms with Gasteiger partial charge in [-0.25, -0.2) is 5.43 Å². The number of H-pyrrole nitrogens is 1. The van der Waals surface area contributed by atoms with E-state index in [2.05, 4.69) is 20.7 Å². The highest BCUT2D eigenvalue weighted by Crippen LogP contribution is 2.20. The van der Waals surface area contributed by atoms with Crippen molar-refractivity contribution < 1.29 is 24.0 Å². The summed E-state index contributed by atoms with van der Waals surface area (Å²) in [6.45, 7) is 1.44. The number of aliphatic carboxylic acids is 1. The molecule has 36 heavy (non-hydrogen) atoms. The summed E-state index contributed by atoms with van der Waals surface area (Å²) in [6, 6.07) is 24.6. The van der Waals surface area contributed by atoms with Gasteiger partial charge in [-0.2, -0.15) is 9.67 Å². The molecule has 4 aromatic rings. The molecule has 0 aliphatic rings. The summed E-state index contributed by atoms with van der Waals surface area (Å²) in [5.41, 5.74) is 6.02. The number of carbonyl (C=O) groups is 2. The summed E-state index contributed by atoms with van der Waals surface area (Å²) in [6.07, 6.45) is 1.39. The second kappa shape index (κ2) is 11.8. The third-order valence-electron chi connectivity index (χ3n) is 5.00. The first-order chi connectivity index (χ1) is 17.5. The van der Waals surface area contributed by atoms with Crippen molar-refractivity contribution in [1.82, 2.24) is 15.6 Å². The molecule has 0 saturated carbocycles. The van der Waals surface area contributed by atoms with E-state index in [1.165, 1.54) is 18.0 Å². The Hall–Kier alpha value is -4.44. The van der Waals surface area contributed by atoms with Gasteiger partial charge in [0, 0.05) is 5.56 Å². The number of carboxylic acids is 1. The number of nitrogens with zero attached hydrogens (tertiary/aromatic N) is 3. The molecule has 0 atom stereocenters. The Balaban J connectivity index is 1.45. The molecule has 2 N–H and O–H groups in total. The van der Waals surface area contributed by atoms with Gasteiger partial charge in [0.05, 0.1) is 28.6 Å². The molecular weight excluding hydrogens is 478 g/mol. The monoisotopic (exact) mass is 501 g/mol. The zero-order valence-electron chi connectivity index (χ0n) is 19.4. The average molecular weight is 502 g/mol. The largest absolute Gasteiger partial charge is 0.546 e. The zero-order chi connectivity index (χ0) is 25.3. The van der Waals surface area contributed by atoms with Crippen LogP contribution in [0.15, 0.2) is 89.1 Å². The van der Waals surface area contributed by atoms with E-state index in [-0.39, 0.29) is 11.7 Å². The molecule has 4 rings (SSSR count). The fourth-order valence-electron chi connectivity index (χ4n) is 3.31. The number of aromatic amines is 1. The van der Waals surface area contributed by atoms with E-state index in [4.69, 9.17) is 4.74 Å². The average Bonchev–Trinajstić information content (AvgIpc) is 3.32. The fraction of sp³-hybridized carbons (Fsp3) is 0.115. The van der Waals surface area contributed by atoms with Gasteiger partial charge in [-0.3, -0.25) is 4.79 Å². The number of carboxylic acid groups (broad SMARTS) is 1. The van der Waals surface area contributed by atoms with Gasteiger partial charge in [0.15, 0.2) is 0 Å². The number of thioether (sulfide) groups is 1. The maximum Gasteiger partial charge on any atom is 0.342 e. The Labute approximate surface area is 211 Å². The Kier molecular flexibility index (Phi) is 8.09. The Bertz CT molecular complexity index is 1370. The molecule has 3 aromatic carbocycles. The van der Waals surface area contributed by atoms with Crippen molar-refractivity contribution in [3.05, 3.63) is 90.0 Å². The number of hydrazone groups is 1. The van der Waals surface area contributed by atoms with Crippen LogP contribution in [0.5, 0.6) is 5.75 Å². The standard InChI is InChI=1S/C26H23N5O4S/c1-18-11-13-21(14-12-18)31-25(19-7-3-2-4-8-19)29-30-26(31)36-17-23(32)28-27-15-20-9-5-6-10-22(20)35-16-24(33)34/h2-15H,16-17H2,1H3,(H2,28,32,33,34). The van der Waals surface area contributed by atoms with E-state index in [9.17, 15) is 14.7 Å². The number of hydrogen-bond donors (Lipinski definition) is 2. The lowest BCUT2D eigenvalue weighted by Gasteiger charge is -2.08. The number of carbonyl (C=O) groups excluding carboxylic acids is 2. The lowest BCUT2D eigenvalue weighted by Crippen LogP contribution is -2.34. The summed E-state index contributed by atoms with van der Waals surface area (Å²) >= 11 is 1.27. The molecule has 0 bridgehead atoms. The minimum Gasteiger partial charge on any atom is -0.546 e. The number of hydrogen-bond acceptors (Lipinski definition) is 7. The Morgan fingerprint density at radius 3 is 2.56 bits per heavy atom. The van der Waals surface area contributed by atoms with Crippen LogP contribution in [0.1, 0.15) is 11.1 Å². The fourth-order valence-corrected chi connectivity index (χ4v) is 4.07. The number of aromatic nitrogens is 3. The summed E-state index contributed by atoms with van der Waals surface area (Å²) in [4.78, 5) is 23.1. The molecule has 0 fully saturated rings. The van der Waals surface area contributed by atoms with Crippen LogP contribution in [-0.2, 0) is 9.59 Å². The minimum atomic E-state index is -1.33. The quantitative estimate of drug-likeness (QED) is 0.148. The maximum atomic E-state index is 12.5. The number of nitrogens with one attached hydrogen (secondary N) is 2. The van der Waals surface area contributed by atoms with Gasteiger partial charge >= 0.3 is 5.16 Å². The molecule has 0 saturated heterocycles. The second-order valence-electron chi connectivity index (χ2n) is 7.67. The van der Waals surface area contributed by atoms with E-state index in [0.29, 0.717) is 16.5 Å². The SMILES string of the molecule is Cc1ccc(-[n+]2c(SCC(=O)NN=Cc3ccccc3OCC(=O)[O-])n[nH]c2-c2ccccc2)cc1. The van der Waals surface area contributed by atoms with Crippen molar-refractivity contribution in [2.24, 2.45) is 5.10 Å². The van der Waals surface area contributed by atoms with Gasteiger partial charge in [0.1, 0.15) is 18.0 Å². The lowest BCUT2D eigenvalue weighted by molar-refractivity contribution is -0.625. The van der Waals surface area contributed by atoms with Gasteiger partial charge in [0.2, 0.25) is 0 Å². The molecule has 1 amide bonds. The molecule has 0 aliphatic carbocycles. The van der Waals surface area contributed by atoms with Crippen LogP contribution in [0, 0.1) is 6.92 Å². The summed E-state index contributed by atoms with van der Waals surface area (Å²) in [7, 11) is 0. The lowest BCUT2D eigenvalue weighted by atomic mass is 10.2. The summed E-state index contributed by atoms with van der Waals surface area (Å²) in [5.74, 6) is -0.468. The van der Waals surface area contributed by atoms with Gasteiger partial charge < -0.3 is 14.6 Å². The number of benzene rings is 3. The smallest absolute Gasteiger partial charge is 0.342 e. The van der Waals surface area contributed by atoms with E-state index in [1.54, 1.807) is 24.3 Å². The van der Waals surface area contributed by atoms with Gasteiger partial charge in [-0.15, -0.1) is 5.10 Å². The highest BCUT2D eigenvalue weighted by molar-refractivity contribution is 7.99. The normalized spacial score (nSPS) is 10.9. The predicted molar refractivity (Wildman–Crippen MR) is 134 cm³/mol. The molecule has 9 nitrogen and oxygen atoms in total. The minimum absolute atomic E-state index is 0.0745. The van der Waals surface area contributed by atoms with Crippen LogP contribution in [0.2, 0.25) is 0 Å². The molecule has 182 valence electrons. The van der Waals surface area contributed by atoms with Gasteiger partial charge in [0.25, 0.3) is 11.7 Å². The van der Waals surface area contributed by atoms with Crippen LogP contribution in [0.3, 0.4) is 0 Å². The van der Waals surface area contributed by atoms with Gasteiger partial charge in [-0.05, 0) is 55.1 Å². The number of aryl methyl sites for hydroxylation is 1. The number of rotatable bonds is 10. The third kappa shape index (κ3) is 6.36. The first kappa shape index (κ1) is 24.7. The van der Waals surface area contributed by atoms with Crippen LogP contribution in [0.4, 0.5) is 0 Å². The van der Waals surface area contributed by atoms with Crippen LogP contribution >= 0.6 is 11.8 Å². The van der Waals surface area contributed by atoms with Crippen molar-refractivity contribution in [1.29, 1.82) is 0 Å². The number of para-hydroxylation sites is 1. The number of amides is 1. The van der Waals surface area contributed by atoms with E-state index in [1.807, 2.05) is 66.1 Å². The zero-order valence-corrected chi connectivity index (χ0v) is 20.2. The number of ether oxygens (including phenoxy) is 1. The summed E-state index contributed by atoms with van der Waals surface area (Å²) < 4.78 is 7.15. The van der Waals surface area contributed by atoms with Crippen molar-refractivity contribution in [2.45, 2.75) is 12.1 Å². The summed E-state index contributed by atoms with van der Waals surface area (Å²) in [5, 5.41) is 22.8. The van der Waals surface area contributed by atoms with Crippen molar-refractivity contribution >= 4 is 29.9 Å². The highest BCUT2D eigenvalue weighted by Gasteiger charge is 2.24. The second-order valence-corrected chi connectivity index (χ2v) is 8.61. The van der Waals surface area contributed by atoms with Gasteiger partial charge in [-0.1, -0.05) is 48.0 Å². The highest BCUT2D eigenvalue weighted by atomic mass is 32.2. The Morgan fingerprint density at radius 2 is 1.81 bits per heavy atom. The van der Waals surface area contributed by atoms with E-state index < -0.39 is 12.6 Å². The molecular formula is C26H23N5O4S. The first-order valence-electron chi connectivity index (χ1n) is 11.0. The van der Waals surface area contributed by atoms with Crippen LogP contribution in [-0.4, -0.2) is 40.6 Å². The molecule has 0 aliphatic heterocycles. The van der Waals surface area contributed by atoms with Crippen molar-refractivity contribution in [3.63, 3.8) is 0 Å². The first-order valence-corrected chi connectivity index (χ1v) is 12.0. The molecule has 0 unspecified atom stereocenters. The topological polar surface area (TPSA) is 123 Å². The molecule has 0 radical (unpaired) electrons. The third-order valence-corrected chi connectivity index (χ3v) is 5.94. The molecule has 1 aromatic heterocycles. The molecule has 0 spiro atoms. The van der Waals surface area contributed by atoms with Crippen LogP contribution < -0.4 is 19.8 Å². The van der Waals surface area contributed by atoms with E-state index >= 15 is 0 Å². The molecule has 10 heteroatoms. The van der Waals surface area contributed by atoms with E-state index in [0.717, 1.165) is 22.6 Å². The molecule has 1 heterocycles. The van der Waals surface area contributed by atoms with Crippen molar-refractivity contribution in [2.75, 3.05) is 12.4 Å². The predicted octanol–water partition coefficient (Wildman–Crippen LogP) is 2.03.